The number of rotatable bonds is 5. The SMILES string of the molecule is Cc1cc(C2CCNCC2)oc(=O)c1C(=O)Nc1cccc(OC(F)F)c1. The van der Waals surface area contributed by atoms with Crippen molar-refractivity contribution in [3.8, 4) is 5.75 Å². The molecule has 1 aliphatic rings. The Bertz CT molecular complexity index is 876. The Labute approximate surface area is 154 Å². The molecule has 6 nitrogen and oxygen atoms in total. The molecule has 2 heterocycles. The van der Waals surface area contributed by atoms with E-state index in [0.29, 0.717) is 11.3 Å². The molecular formula is C19H20F2N2O4. The molecule has 2 aromatic rings. The van der Waals surface area contributed by atoms with Crippen molar-refractivity contribution in [2.75, 3.05) is 18.4 Å². The molecule has 0 radical (unpaired) electrons. The number of carbonyl (C=O) groups is 1. The minimum absolute atomic E-state index is 0.0900. The second-order valence-corrected chi connectivity index (χ2v) is 6.38. The van der Waals surface area contributed by atoms with Gasteiger partial charge in [0.1, 0.15) is 17.1 Å². The fourth-order valence-electron chi connectivity index (χ4n) is 3.16. The first-order valence-electron chi connectivity index (χ1n) is 8.65. The third-order valence-corrected chi connectivity index (χ3v) is 4.45. The van der Waals surface area contributed by atoms with Crippen LogP contribution in [0, 0.1) is 6.92 Å². The molecule has 1 aromatic carbocycles. The van der Waals surface area contributed by atoms with Gasteiger partial charge in [0.2, 0.25) is 0 Å². The Hall–Kier alpha value is -2.74. The van der Waals surface area contributed by atoms with E-state index in [2.05, 4.69) is 15.4 Å². The number of aryl methyl sites for hydroxylation is 1. The zero-order chi connectivity index (χ0) is 19.4. The van der Waals surface area contributed by atoms with Gasteiger partial charge in [0.05, 0.1) is 0 Å². The number of halogens is 2. The smallest absolute Gasteiger partial charge is 0.387 e. The van der Waals surface area contributed by atoms with E-state index in [0.717, 1.165) is 25.9 Å². The van der Waals surface area contributed by atoms with Crippen LogP contribution in [0.1, 0.15) is 40.4 Å². The van der Waals surface area contributed by atoms with Crippen LogP contribution in [0.15, 0.2) is 39.5 Å². The van der Waals surface area contributed by atoms with E-state index in [-0.39, 0.29) is 22.9 Å². The van der Waals surface area contributed by atoms with E-state index >= 15 is 0 Å². The molecule has 0 aliphatic carbocycles. The number of hydrogen-bond donors (Lipinski definition) is 2. The van der Waals surface area contributed by atoms with Crippen molar-refractivity contribution in [1.82, 2.24) is 5.32 Å². The molecule has 144 valence electrons. The lowest BCUT2D eigenvalue weighted by Gasteiger charge is -2.22. The van der Waals surface area contributed by atoms with Gasteiger partial charge in [-0.15, -0.1) is 0 Å². The first kappa shape index (κ1) is 19.0. The number of carbonyl (C=O) groups excluding carboxylic acids is 1. The van der Waals surface area contributed by atoms with Gasteiger partial charge in [-0.1, -0.05) is 6.07 Å². The van der Waals surface area contributed by atoms with E-state index in [4.69, 9.17) is 4.42 Å². The molecule has 0 spiro atoms. The summed E-state index contributed by atoms with van der Waals surface area (Å²) in [5, 5.41) is 5.76. The van der Waals surface area contributed by atoms with Gasteiger partial charge in [-0.2, -0.15) is 8.78 Å². The monoisotopic (exact) mass is 378 g/mol. The highest BCUT2D eigenvalue weighted by atomic mass is 19.3. The van der Waals surface area contributed by atoms with Crippen molar-refractivity contribution >= 4 is 11.6 Å². The van der Waals surface area contributed by atoms with Crippen molar-refractivity contribution in [1.29, 1.82) is 0 Å². The summed E-state index contributed by atoms with van der Waals surface area (Å²) in [5.74, 6) is -0.0130. The van der Waals surface area contributed by atoms with Crippen molar-refractivity contribution in [3.63, 3.8) is 0 Å². The Morgan fingerprint density at radius 1 is 1.30 bits per heavy atom. The van der Waals surface area contributed by atoms with Crippen LogP contribution < -0.4 is 21.0 Å². The maximum atomic E-state index is 12.5. The molecule has 1 fully saturated rings. The third-order valence-electron chi connectivity index (χ3n) is 4.45. The average molecular weight is 378 g/mol. The quantitative estimate of drug-likeness (QED) is 0.835. The summed E-state index contributed by atoms with van der Waals surface area (Å²) in [6.07, 6.45) is 1.73. The first-order valence-corrected chi connectivity index (χ1v) is 8.65. The van der Waals surface area contributed by atoms with Crippen molar-refractivity contribution in [3.05, 3.63) is 57.6 Å². The second-order valence-electron chi connectivity index (χ2n) is 6.38. The van der Waals surface area contributed by atoms with Gasteiger partial charge < -0.3 is 19.8 Å². The summed E-state index contributed by atoms with van der Waals surface area (Å²) in [4.78, 5) is 24.9. The largest absolute Gasteiger partial charge is 0.435 e. The van der Waals surface area contributed by atoms with Crippen LogP contribution in [0.2, 0.25) is 0 Å². The van der Waals surface area contributed by atoms with Crippen molar-refractivity contribution < 1.29 is 22.7 Å². The lowest BCUT2D eigenvalue weighted by atomic mass is 9.94. The van der Waals surface area contributed by atoms with Crippen LogP contribution >= 0.6 is 0 Å². The number of nitrogens with one attached hydrogen (secondary N) is 2. The highest BCUT2D eigenvalue weighted by molar-refractivity contribution is 6.05. The van der Waals surface area contributed by atoms with Crippen LogP contribution in [0.5, 0.6) is 5.75 Å². The molecule has 1 aromatic heterocycles. The van der Waals surface area contributed by atoms with Crippen LogP contribution in [0.25, 0.3) is 0 Å². The fourth-order valence-corrected chi connectivity index (χ4v) is 3.16. The van der Waals surface area contributed by atoms with E-state index in [9.17, 15) is 18.4 Å². The van der Waals surface area contributed by atoms with E-state index in [1.807, 2.05) is 0 Å². The third kappa shape index (κ3) is 4.71. The molecule has 0 atom stereocenters. The summed E-state index contributed by atoms with van der Waals surface area (Å²) in [5.41, 5.74) is -0.0643. The zero-order valence-electron chi connectivity index (χ0n) is 14.8. The van der Waals surface area contributed by atoms with Gasteiger partial charge in [0, 0.05) is 17.7 Å². The molecule has 0 saturated carbocycles. The molecule has 2 N–H and O–H groups in total. The summed E-state index contributed by atoms with van der Waals surface area (Å²) < 4.78 is 34.3. The zero-order valence-corrected chi connectivity index (χ0v) is 14.8. The molecule has 27 heavy (non-hydrogen) atoms. The molecule has 8 heteroatoms. The van der Waals surface area contributed by atoms with Gasteiger partial charge in [0.25, 0.3) is 5.91 Å². The topological polar surface area (TPSA) is 80.6 Å². The maximum absolute atomic E-state index is 12.5. The average Bonchev–Trinajstić information content (AvgIpc) is 2.61. The summed E-state index contributed by atoms with van der Waals surface area (Å²) >= 11 is 0. The summed E-state index contributed by atoms with van der Waals surface area (Å²) in [6.45, 7) is 0.416. The van der Waals surface area contributed by atoms with Gasteiger partial charge >= 0.3 is 12.2 Å². The van der Waals surface area contributed by atoms with Gasteiger partial charge in [-0.25, -0.2) is 4.79 Å². The molecule has 1 aliphatic heterocycles. The van der Waals surface area contributed by atoms with Crippen LogP contribution in [-0.2, 0) is 0 Å². The van der Waals surface area contributed by atoms with Gasteiger partial charge in [-0.05, 0) is 56.6 Å². The standard InChI is InChI=1S/C19H20F2N2O4/c1-11-9-15(12-5-7-22-8-6-12)27-18(25)16(11)17(24)23-13-3-2-4-14(10-13)26-19(20)21/h2-4,9-10,12,19,22H,5-8H2,1H3,(H,23,24). The Kier molecular flexibility index (Phi) is 5.85. The normalized spacial score (nSPS) is 15.0. The Morgan fingerprint density at radius 2 is 2.04 bits per heavy atom. The van der Waals surface area contributed by atoms with Gasteiger partial charge in [0.15, 0.2) is 0 Å². The molecular weight excluding hydrogens is 358 g/mol. The Morgan fingerprint density at radius 3 is 2.70 bits per heavy atom. The minimum atomic E-state index is -2.97. The summed E-state index contributed by atoms with van der Waals surface area (Å²) in [7, 11) is 0. The fraction of sp³-hybridized carbons (Fsp3) is 0.368. The number of benzene rings is 1. The first-order chi connectivity index (χ1) is 12.9. The molecule has 3 rings (SSSR count). The number of hydrogen-bond acceptors (Lipinski definition) is 5. The predicted octanol–water partition coefficient (Wildman–Crippen LogP) is 3.27. The minimum Gasteiger partial charge on any atom is -0.435 e. The second kappa shape index (κ2) is 8.30. The molecule has 0 unspecified atom stereocenters. The number of ether oxygens (including phenoxy) is 1. The van der Waals surface area contributed by atoms with Crippen molar-refractivity contribution in [2.24, 2.45) is 0 Å². The van der Waals surface area contributed by atoms with E-state index in [1.165, 1.54) is 24.3 Å². The highest BCUT2D eigenvalue weighted by Gasteiger charge is 2.22. The lowest BCUT2D eigenvalue weighted by Crippen LogP contribution is -2.28. The lowest BCUT2D eigenvalue weighted by molar-refractivity contribution is -0.0497. The van der Waals surface area contributed by atoms with E-state index in [1.54, 1.807) is 13.0 Å². The summed E-state index contributed by atoms with van der Waals surface area (Å²) in [6, 6.07) is 7.29. The van der Waals surface area contributed by atoms with Crippen LogP contribution in [0.4, 0.5) is 14.5 Å². The number of anilines is 1. The molecule has 1 saturated heterocycles. The highest BCUT2D eigenvalue weighted by Crippen LogP contribution is 2.26. The van der Waals surface area contributed by atoms with Gasteiger partial charge in [-0.3, -0.25) is 4.79 Å². The van der Waals surface area contributed by atoms with Crippen LogP contribution in [0.3, 0.4) is 0 Å². The number of amides is 1. The Balaban J connectivity index is 1.79. The maximum Gasteiger partial charge on any atom is 0.387 e. The number of piperidine rings is 1. The predicted molar refractivity (Wildman–Crippen MR) is 95.6 cm³/mol. The van der Waals surface area contributed by atoms with Crippen molar-refractivity contribution in [2.45, 2.75) is 32.3 Å². The number of alkyl halides is 2. The van der Waals surface area contributed by atoms with Crippen LogP contribution in [-0.4, -0.2) is 25.6 Å². The van der Waals surface area contributed by atoms with E-state index < -0.39 is 18.1 Å². The molecule has 0 bridgehead atoms. The molecule has 1 amide bonds.